The summed E-state index contributed by atoms with van der Waals surface area (Å²) in [6, 6.07) is 9.70. The number of carbonyl (C=O) groups excluding carboxylic acids is 1. The number of carbonyl (C=O) groups is 1. The van der Waals surface area contributed by atoms with Crippen molar-refractivity contribution in [3.63, 3.8) is 0 Å². The van der Waals surface area contributed by atoms with E-state index in [2.05, 4.69) is 5.32 Å². The lowest BCUT2D eigenvalue weighted by molar-refractivity contribution is -0.115. The van der Waals surface area contributed by atoms with Crippen LogP contribution in [0, 0.1) is 0 Å². The number of hydrogen-bond donors (Lipinski definition) is 1. The first-order chi connectivity index (χ1) is 5.83. The Kier molecular flexibility index (Phi) is 3.08. The quantitative estimate of drug-likeness (QED) is 0.653. The molecule has 2 nitrogen and oxygen atoms in total. The highest BCUT2D eigenvalue weighted by Gasteiger charge is 1.87. The second kappa shape index (κ2) is 4.34. The standard InChI is InChI=1S/C10H11NO/c1-11-10(12)8-7-9-5-3-2-4-6-9/h2-8H,1H3,(H,11,12)/b8-7-. The second-order valence-corrected chi connectivity index (χ2v) is 2.36. The Morgan fingerprint density at radius 1 is 1.33 bits per heavy atom. The number of amides is 1. The summed E-state index contributed by atoms with van der Waals surface area (Å²) in [5.74, 6) is -0.0844. The Labute approximate surface area is 71.9 Å². The molecule has 1 amide bonds. The van der Waals surface area contributed by atoms with Gasteiger partial charge in [-0.1, -0.05) is 30.3 Å². The molecule has 0 heterocycles. The number of rotatable bonds is 2. The van der Waals surface area contributed by atoms with Crippen LogP contribution < -0.4 is 5.32 Å². The zero-order valence-corrected chi connectivity index (χ0v) is 6.95. The van der Waals surface area contributed by atoms with Crippen LogP contribution in [0.5, 0.6) is 0 Å². The van der Waals surface area contributed by atoms with Crippen molar-refractivity contribution in [1.29, 1.82) is 0 Å². The summed E-state index contributed by atoms with van der Waals surface area (Å²) >= 11 is 0. The highest BCUT2D eigenvalue weighted by atomic mass is 16.1. The average molecular weight is 161 g/mol. The van der Waals surface area contributed by atoms with Crippen molar-refractivity contribution in [2.24, 2.45) is 0 Å². The fourth-order valence-electron chi connectivity index (χ4n) is 0.819. The number of nitrogens with one attached hydrogen (secondary N) is 1. The van der Waals surface area contributed by atoms with Crippen LogP contribution in [0.25, 0.3) is 6.08 Å². The van der Waals surface area contributed by atoms with E-state index in [1.165, 1.54) is 6.08 Å². The van der Waals surface area contributed by atoms with Gasteiger partial charge in [0, 0.05) is 13.1 Å². The first-order valence-corrected chi connectivity index (χ1v) is 3.78. The Morgan fingerprint density at radius 2 is 2.00 bits per heavy atom. The van der Waals surface area contributed by atoms with E-state index in [0.29, 0.717) is 0 Å². The Hall–Kier alpha value is -1.57. The SMILES string of the molecule is CNC(=O)/C=C\c1ccccc1. The predicted molar refractivity (Wildman–Crippen MR) is 49.5 cm³/mol. The van der Waals surface area contributed by atoms with Gasteiger partial charge in [0.15, 0.2) is 0 Å². The molecule has 1 N–H and O–H groups in total. The van der Waals surface area contributed by atoms with Gasteiger partial charge >= 0.3 is 0 Å². The van der Waals surface area contributed by atoms with E-state index in [1.807, 2.05) is 30.3 Å². The zero-order valence-electron chi connectivity index (χ0n) is 6.95. The molecule has 0 spiro atoms. The van der Waals surface area contributed by atoms with E-state index < -0.39 is 0 Å². The van der Waals surface area contributed by atoms with Crippen molar-refractivity contribution in [2.45, 2.75) is 0 Å². The van der Waals surface area contributed by atoms with Crippen LogP contribution in [0.1, 0.15) is 5.56 Å². The maximum atomic E-state index is 10.8. The van der Waals surface area contributed by atoms with Crippen LogP contribution >= 0.6 is 0 Å². The maximum Gasteiger partial charge on any atom is 0.243 e. The molecule has 0 aliphatic heterocycles. The van der Waals surface area contributed by atoms with Crippen molar-refractivity contribution in [2.75, 3.05) is 7.05 Å². The van der Waals surface area contributed by atoms with Crippen molar-refractivity contribution in [1.82, 2.24) is 5.32 Å². The molecule has 0 saturated heterocycles. The normalized spacial score (nSPS) is 10.1. The highest BCUT2D eigenvalue weighted by Crippen LogP contribution is 1.99. The minimum absolute atomic E-state index is 0.0844. The lowest BCUT2D eigenvalue weighted by Gasteiger charge is -1.91. The molecule has 1 aromatic rings. The van der Waals surface area contributed by atoms with E-state index in [-0.39, 0.29) is 5.91 Å². The summed E-state index contributed by atoms with van der Waals surface area (Å²) in [6.07, 6.45) is 3.29. The van der Waals surface area contributed by atoms with Gasteiger partial charge in [-0.2, -0.15) is 0 Å². The molecule has 62 valence electrons. The third-order valence-corrected chi connectivity index (χ3v) is 1.47. The van der Waals surface area contributed by atoms with Gasteiger partial charge in [0.2, 0.25) is 5.91 Å². The molecule has 12 heavy (non-hydrogen) atoms. The summed E-state index contributed by atoms with van der Waals surface area (Å²) in [5, 5.41) is 2.51. The predicted octanol–water partition coefficient (Wildman–Crippen LogP) is 1.45. The summed E-state index contributed by atoms with van der Waals surface area (Å²) < 4.78 is 0. The molecule has 1 rings (SSSR count). The van der Waals surface area contributed by atoms with Crippen LogP contribution in [-0.4, -0.2) is 13.0 Å². The third kappa shape index (κ3) is 2.58. The minimum Gasteiger partial charge on any atom is -0.356 e. The molecule has 0 aliphatic carbocycles. The Balaban J connectivity index is 2.64. The van der Waals surface area contributed by atoms with Crippen LogP contribution in [0.15, 0.2) is 36.4 Å². The molecule has 0 bridgehead atoms. The molecular weight excluding hydrogens is 150 g/mol. The lowest BCUT2D eigenvalue weighted by atomic mass is 10.2. The minimum atomic E-state index is -0.0844. The second-order valence-electron chi connectivity index (χ2n) is 2.36. The number of benzene rings is 1. The molecule has 0 fully saturated rings. The summed E-state index contributed by atoms with van der Waals surface area (Å²) in [7, 11) is 1.61. The first-order valence-electron chi connectivity index (χ1n) is 3.78. The summed E-state index contributed by atoms with van der Waals surface area (Å²) in [6.45, 7) is 0. The van der Waals surface area contributed by atoms with Crippen molar-refractivity contribution in [3.05, 3.63) is 42.0 Å². The van der Waals surface area contributed by atoms with Crippen LogP contribution in [0.4, 0.5) is 0 Å². The summed E-state index contributed by atoms with van der Waals surface area (Å²) in [5.41, 5.74) is 1.03. The van der Waals surface area contributed by atoms with Gasteiger partial charge in [-0.25, -0.2) is 0 Å². The highest BCUT2D eigenvalue weighted by molar-refractivity contribution is 5.91. The van der Waals surface area contributed by atoms with E-state index in [9.17, 15) is 4.79 Å². The molecule has 1 aromatic carbocycles. The molecule has 0 atom stereocenters. The Bertz CT molecular complexity index is 277. The van der Waals surface area contributed by atoms with Gasteiger partial charge in [0.05, 0.1) is 0 Å². The maximum absolute atomic E-state index is 10.8. The summed E-state index contributed by atoms with van der Waals surface area (Å²) in [4.78, 5) is 10.8. The van der Waals surface area contributed by atoms with Gasteiger partial charge in [-0.3, -0.25) is 4.79 Å². The zero-order chi connectivity index (χ0) is 8.81. The smallest absolute Gasteiger partial charge is 0.243 e. The molecule has 0 radical (unpaired) electrons. The van der Waals surface area contributed by atoms with Crippen LogP contribution in [-0.2, 0) is 4.79 Å². The first kappa shape index (κ1) is 8.53. The fraction of sp³-hybridized carbons (Fsp3) is 0.100. The largest absolute Gasteiger partial charge is 0.356 e. The van der Waals surface area contributed by atoms with Crippen LogP contribution in [0.3, 0.4) is 0 Å². The monoisotopic (exact) mass is 161 g/mol. The van der Waals surface area contributed by atoms with E-state index in [4.69, 9.17) is 0 Å². The van der Waals surface area contributed by atoms with Crippen molar-refractivity contribution in [3.8, 4) is 0 Å². The van der Waals surface area contributed by atoms with Crippen molar-refractivity contribution >= 4 is 12.0 Å². The van der Waals surface area contributed by atoms with E-state index in [0.717, 1.165) is 5.56 Å². The molecule has 0 aliphatic rings. The average Bonchev–Trinajstić information content (AvgIpc) is 2.16. The van der Waals surface area contributed by atoms with Gasteiger partial charge < -0.3 is 5.32 Å². The fourth-order valence-corrected chi connectivity index (χ4v) is 0.819. The molecular formula is C10H11NO. The van der Waals surface area contributed by atoms with Crippen molar-refractivity contribution < 1.29 is 4.79 Å². The Morgan fingerprint density at radius 3 is 2.58 bits per heavy atom. The van der Waals surface area contributed by atoms with Gasteiger partial charge in [0.25, 0.3) is 0 Å². The van der Waals surface area contributed by atoms with E-state index in [1.54, 1.807) is 13.1 Å². The molecule has 0 unspecified atom stereocenters. The van der Waals surface area contributed by atoms with Gasteiger partial charge in [-0.15, -0.1) is 0 Å². The van der Waals surface area contributed by atoms with E-state index >= 15 is 0 Å². The number of likely N-dealkylation sites (N-methyl/N-ethyl adjacent to an activating group) is 1. The molecule has 0 saturated carbocycles. The number of hydrogen-bond acceptors (Lipinski definition) is 1. The lowest BCUT2D eigenvalue weighted by Crippen LogP contribution is -2.13. The topological polar surface area (TPSA) is 29.1 Å². The van der Waals surface area contributed by atoms with Gasteiger partial charge in [-0.05, 0) is 11.6 Å². The van der Waals surface area contributed by atoms with Gasteiger partial charge in [0.1, 0.15) is 0 Å². The third-order valence-electron chi connectivity index (χ3n) is 1.47. The van der Waals surface area contributed by atoms with Crippen LogP contribution in [0.2, 0.25) is 0 Å². The molecule has 0 aromatic heterocycles. The molecule has 2 heteroatoms.